The first kappa shape index (κ1) is 19.6. The number of H-pyrrole nitrogens is 1. The average Bonchev–Trinajstić information content (AvgIpc) is 3.15. The third-order valence-electron chi connectivity index (χ3n) is 5.23. The number of halogens is 1. The van der Waals surface area contributed by atoms with Gasteiger partial charge < -0.3 is 10.3 Å². The molecule has 7 heteroatoms. The lowest BCUT2D eigenvalue weighted by Crippen LogP contribution is -2.26. The molecule has 2 N–H and O–H groups in total. The normalized spacial score (nSPS) is 12.1. The van der Waals surface area contributed by atoms with E-state index in [0.717, 1.165) is 22.3 Å². The van der Waals surface area contributed by atoms with Gasteiger partial charge in [0.15, 0.2) is 5.82 Å². The molecule has 4 aromatic rings. The summed E-state index contributed by atoms with van der Waals surface area (Å²) < 4.78 is 14.5. The molecule has 0 aliphatic carbocycles. The van der Waals surface area contributed by atoms with E-state index in [-0.39, 0.29) is 28.8 Å². The molecule has 6 nitrogen and oxygen atoms in total. The van der Waals surface area contributed by atoms with Gasteiger partial charge in [-0.3, -0.25) is 9.59 Å². The van der Waals surface area contributed by atoms with Crippen LogP contribution in [0, 0.1) is 19.7 Å². The number of hydrogen-bond acceptors (Lipinski definition) is 3. The first-order valence-electron chi connectivity index (χ1n) is 9.58. The molecule has 0 spiro atoms. The van der Waals surface area contributed by atoms with E-state index in [2.05, 4.69) is 15.4 Å². The van der Waals surface area contributed by atoms with Crippen molar-refractivity contribution in [2.45, 2.75) is 26.8 Å². The largest absolute Gasteiger partial charge is 0.345 e. The molecule has 2 heterocycles. The molecule has 0 bridgehead atoms. The molecule has 1 unspecified atom stereocenters. The molecule has 2 aromatic carbocycles. The number of carbonyl (C=O) groups excluding carboxylic acids is 1. The minimum Gasteiger partial charge on any atom is -0.345 e. The fourth-order valence-electron chi connectivity index (χ4n) is 3.27. The highest BCUT2D eigenvalue weighted by molar-refractivity contribution is 5.95. The first-order chi connectivity index (χ1) is 14.3. The maximum atomic E-state index is 13.1. The van der Waals surface area contributed by atoms with Crippen molar-refractivity contribution in [3.63, 3.8) is 0 Å². The molecule has 152 valence electrons. The van der Waals surface area contributed by atoms with Gasteiger partial charge in [0.1, 0.15) is 11.3 Å². The molecular weight excluding hydrogens is 383 g/mol. The number of fused-ring (bicyclic) bond motifs is 1. The summed E-state index contributed by atoms with van der Waals surface area (Å²) >= 11 is 0. The summed E-state index contributed by atoms with van der Waals surface area (Å²) in [5, 5.41) is 7.32. The highest BCUT2D eigenvalue weighted by Gasteiger charge is 2.16. The summed E-state index contributed by atoms with van der Waals surface area (Å²) in [5.74, 6) is -0.247. The Morgan fingerprint density at radius 1 is 1.10 bits per heavy atom. The standard InChI is InChI=1S/C23H21FN4O2/c1-13-4-5-17(10-14(13)2)21-26-23(30)20-11-18(12-28(20)27-21)22(29)25-15(3)16-6-8-19(24)9-7-16/h4-12,15H,1-3H3,(H,25,29)(H,26,27,30). The van der Waals surface area contributed by atoms with Crippen molar-refractivity contribution < 1.29 is 9.18 Å². The molecule has 0 radical (unpaired) electrons. The van der Waals surface area contributed by atoms with Crippen molar-refractivity contribution in [1.29, 1.82) is 0 Å². The van der Waals surface area contributed by atoms with Gasteiger partial charge in [-0.2, -0.15) is 0 Å². The minimum absolute atomic E-state index is 0.280. The molecule has 2 aromatic heterocycles. The van der Waals surface area contributed by atoms with E-state index in [1.165, 1.54) is 28.9 Å². The number of aromatic amines is 1. The van der Waals surface area contributed by atoms with E-state index in [9.17, 15) is 14.0 Å². The van der Waals surface area contributed by atoms with E-state index in [4.69, 9.17) is 0 Å². The van der Waals surface area contributed by atoms with E-state index >= 15 is 0 Å². The van der Waals surface area contributed by atoms with Crippen LogP contribution in [0.4, 0.5) is 4.39 Å². The second kappa shape index (κ2) is 7.59. The van der Waals surface area contributed by atoms with Crippen molar-refractivity contribution in [3.05, 3.63) is 93.2 Å². The lowest BCUT2D eigenvalue weighted by Gasteiger charge is -2.13. The van der Waals surface area contributed by atoms with Gasteiger partial charge in [0.2, 0.25) is 0 Å². The lowest BCUT2D eigenvalue weighted by atomic mass is 10.1. The van der Waals surface area contributed by atoms with Gasteiger partial charge >= 0.3 is 0 Å². The van der Waals surface area contributed by atoms with Gasteiger partial charge in [-0.25, -0.2) is 8.91 Å². The zero-order chi connectivity index (χ0) is 21.4. The fourth-order valence-corrected chi connectivity index (χ4v) is 3.27. The van der Waals surface area contributed by atoms with Crippen LogP contribution in [-0.2, 0) is 0 Å². The maximum absolute atomic E-state index is 13.1. The van der Waals surface area contributed by atoms with Crippen LogP contribution in [0.3, 0.4) is 0 Å². The molecule has 0 fully saturated rings. The molecule has 0 saturated carbocycles. The van der Waals surface area contributed by atoms with Crippen LogP contribution in [0.2, 0.25) is 0 Å². The molecule has 0 aliphatic rings. The third-order valence-corrected chi connectivity index (χ3v) is 5.23. The number of aryl methyl sites for hydroxylation is 2. The SMILES string of the molecule is Cc1ccc(-c2nn3cc(C(=O)NC(C)c4ccc(F)cc4)cc3c(=O)[nH]2)cc1C. The first-order valence-corrected chi connectivity index (χ1v) is 9.58. The van der Waals surface area contributed by atoms with Crippen LogP contribution in [0.5, 0.6) is 0 Å². The Labute approximate surface area is 172 Å². The van der Waals surface area contributed by atoms with Crippen molar-refractivity contribution >= 4 is 11.4 Å². The molecule has 0 saturated heterocycles. The van der Waals surface area contributed by atoms with Gasteiger partial charge in [0, 0.05) is 11.8 Å². The van der Waals surface area contributed by atoms with Gasteiger partial charge in [0.05, 0.1) is 11.6 Å². The predicted molar refractivity (Wildman–Crippen MR) is 113 cm³/mol. The van der Waals surface area contributed by atoms with Crippen LogP contribution in [0.15, 0.2) is 59.5 Å². The van der Waals surface area contributed by atoms with Crippen LogP contribution < -0.4 is 10.9 Å². The van der Waals surface area contributed by atoms with E-state index in [1.807, 2.05) is 39.0 Å². The zero-order valence-corrected chi connectivity index (χ0v) is 16.9. The number of aromatic nitrogens is 3. The number of nitrogens with zero attached hydrogens (tertiary/aromatic N) is 2. The Balaban J connectivity index is 1.63. The molecule has 4 rings (SSSR count). The van der Waals surface area contributed by atoms with Gasteiger partial charge in [0.25, 0.3) is 11.5 Å². The van der Waals surface area contributed by atoms with Crippen LogP contribution in [0.25, 0.3) is 16.9 Å². The second-order valence-electron chi connectivity index (χ2n) is 7.41. The number of benzene rings is 2. The van der Waals surface area contributed by atoms with Crippen molar-refractivity contribution in [2.75, 3.05) is 0 Å². The lowest BCUT2D eigenvalue weighted by molar-refractivity contribution is 0.0940. The van der Waals surface area contributed by atoms with E-state index in [1.54, 1.807) is 12.1 Å². The molecule has 0 aliphatic heterocycles. The molecular formula is C23H21FN4O2. The Morgan fingerprint density at radius 3 is 2.53 bits per heavy atom. The highest BCUT2D eigenvalue weighted by atomic mass is 19.1. The van der Waals surface area contributed by atoms with Crippen molar-refractivity contribution in [3.8, 4) is 11.4 Å². The fraction of sp³-hybridized carbons (Fsp3) is 0.174. The quantitative estimate of drug-likeness (QED) is 0.541. The van der Waals surface area contributed by atoms with E-state index < -0.39 is 0 Å². The average molecular weight is 404 g/mol. The van der Waals surface area contributed by atoms with Gasteiger partial charge in [-0.15, -0.1) is 5.10 Å². The Kier molecular flexibility index (Phi) is 4.95. The predicted octanol–water partition coefficient (Wildman–Crippen LogP) is 3.94. The molecule has 1 amide bonds. The Bertz CT molecular complexity index is 1310. The van der Waals surface area contributed by atoms with Crippen molar-refractivity contribution in [1.82, 2.24) is 19.9 Å². The van der Waals surface area contributed by atoms with Gasteiger partial charge in [-0.05, 0) is 61.7 Å². The van der Waals surface area contributed by atoms with Crippen LogP contribution in [-0.4, -0.2) is 20.5 Å². The molecule has 30 heavy (non-hydrogen) atoms. The summed E-state index contributed by atoms with van der Waals surface area (Å²) in [6.07, 6.45) is 1.53. The molecule has 1 atom stereocenters. The smallest absolute Gasteiger partial charge is 0.275 e. The van der Waals surface area contributed by atoms with Gasteiger partial charge in [-0.1, -0.05) is 24.3 Å². The van der Waals surface area contributed by atoms with Crippen LogP contribution in [0.1, 0.15) is 40.0 Å². The number of amides is 1. The monoisotopic (exact) mass is 404 g/mol. The summed E-state index contributed by atoms with van der Waals surface area (Å²) in [6.45, 7) is 5.82. The van der Waals surface area contributed by atoms with Crippen LogP contribution >= 0.6 is 0 Å². The summed E-state index contributed by atoms with van der Waals surface area (Å²) in [6, 6.07) is 13.0. The third kappa shape index (κ3) is 3.74. The number of carbonyl (C=O) groups is 1. The Morgan fingerprint density at radius 2 is 1.83 bits per heavy atom. The number of rotatable bonds is 4. The second-order valence-corrected chi connectivity index (χ2v) is 7.41. The summed E-state index contributed by atoms with van der Waals surface area (Å²) in [5.41, 5.74) is 4.09. The zero-order valence-electron chi connectivity index (χ0n) is 16.9. The van der Waals surface area contributed by atoms with Crippen molar-refractivity contribution in [2.24, 2.45) is 0 Å². The Hall–Kier alpha value is -3.74. The topological polar surface area (TPSA) is 79.3 Å². The summed E-state index contributed by atoms with van der Waals surface area (Å²) in [4.78, 5) is 28.0. The summed E-state index contributed by atoms with van der Waals surface area (Å²) in [7, 11) is 0. The number of nitrogens with one attached hydrogen (secondary N) is 2. The highest BCUT2D eigenvalue weighted by Crippen LogP contribution is 2.19. The van der Waals surface area contributed by atoms with E-state index in [0.29, 0.717) is 11.4 Å². The number of hydrogen-bond donors (Lipinski definition) is 2. The maximum Gasteiger partial charge on any atom is 0.275 e. The minimum atomic E-state index is -0.343.